The molecule has 1 heterocycles. The number of fused-ring (bicyclic) bond motifs is 1. The maximum absolute atomic E-state index is 14.2. The van der Waals surface area contributed by atoms with Crippen molar-refractivity contribution in [2.45, 2.75) is 18.0 Å². The molecule has 0 aliphatic carbocycles. The maximum atomic E-state index is 14.2. The van der Waals surface area contributed by atoms with Crippen molar-refractivity contribution in [1.29, 1.82) is 0 Å². The molecular weight excluding hydrogens is 379 g/mol. The van der Waals surface area contributed by atoms with Crippen LogP contribution in [0.15, 0.2) is 83.8 Å². The number of benzene rings is 3. The fraction of sp³-hybridized carbons (Fsp3) is 0.0952. The number of para-hydroxylation sites is 1. The van der Waals surface area contributed by atoms with Crippen LogP contribution in [0.2, 0.25) is 0 Å². The average molecular weight is 396 g/mol. The molecule has 2 amide bonds. The van der Waals surface area contributed by atoms with E-state index >= 15 is 0 Å². The summed E-state index contributed by atoms with van der Waals surface area (Å²) in [4.78, 5) is 14.5. The van der Waals surface area contributed by atoms with Crippen LogP contribution in [-0.4, -0.2) is 18.8 Å². The molecule has 0 bridgehead atoms. The first-order chi connectivity index (χ1) is 13.5. The fourth-order valence-corrected chi connectivity index (χ4v) is 4.76. The Morgan fingerprint density at radius 2 is 1.43 bits per heavy atom. The van der Waals surface area contributed by atoms with Gasteiger partial charge in [0.1, 0.15) is 10.7 Å². The van der Waals surface area contributed by atoms with Crippen LogP contribution >= 0.6 is 0 Å². The topological polar surface area (TPSA) is 57.7 Å². The lowest BCUT2D eigenvalue weighted by Crippen LogP contribution is -2.50. The minimum Gasteiger partial charge on any atom is -0.288 e. The van der Waals surface area contributed by atoms with E-state index in [4.69, 9.17) is 0 Å². The van der Waals surface area contributed by atoms with Crippen LogP contribution in [0.5, 0.6) is 0 Å². The van der Waals surface area contributed by atoms with Crippen LogP contribution in [0, 0.1) is 5.82 Å². The van der Waals surface area contributed by atoms with Gasteiger partial charge in [-0.25, -0.2) is 21.9 Å². The molecule has 0 saturated heterocycles. The average Bonchev–Trinajstić information content (AvgIpc) is 2.71. The summed E-state index contributed by atoms with van der Waals surface area (Å²) in [6.07, 6.45) is 0. The van der Waals surface area contributed by atoms with Gasteiger partial charge in [-0.2, -0.15) is 0 Å². The van der Waals surface area contributed by atoms with E-state index in [1.165, 1.54) is 17.0 Å². The quantitative estimate of drug-likeness (QED) is 0.666. The Kier molecular flexibility index (Phi) is 4.60. The second kappa shape index (κ2) is 7.09. The molecule has 3 aromatic rings. The smallest absolute Gasteiger partial charge is 0.288 e. The molecule has 4 rings (SSSR count). The summed E-state index contributed by atoms with van der Waals surface area (Å²) < 4.78 is 41.2. The first-order valence-corrected chi connectivity index (χ1v) is 10.1. The van der Waals surface area contributed by atoms with Crippen LogP contribution in [0.3, 0.4) is 0 Å². The van der Waals surface area contributed by atoms with E-state index in [1.54, 1.807) is 60.7 Å². The van der Waals surface area contributed by atoms with Crippen molar-refractivity contribution in [3.8, 4) is 0 Å². The SMILES string of the molecule is O=C1N(Cc2ccccc2F)c2ccccc2S(=O)(=O)N1Cc1ccccc1. The molecule has 0 aromatic heterocycles. The largest absolute Gasteiger partial charge is 0.339 e. The number of halogens is 1. The van der Waals surface area contributed by atoms with Crippen molar-refractivity contribution in [1.82, 2.24) is 4.31 Å². The molecule has 142 valence electrons. The number of nitrogens with zero attached hydrogens (tertiary/aromatic N) is 2. The molecule has 0 unspecified atom stereocenters. The van der Waals surface area contributed by atoms with Crippen molar-refractivity contribution >= 4 is 21.7 Å². The van der Waals surface area contributed by atoms with Crippen LogP contribution in [0.25, 0.3) is 0 Å². The van der Waals surface area contributed by atoms with Crippen molar-refractivity contribution in [2.24, 2.45) is 0 Å². The van der Waals surface area contributed by atoms with E-state index in [0.29, 0.717) is 11.1 Å². The molecule has 1 aliphatic heterocycles. The summed E-state index contributed by atoms with van der Waals surface area (Å²) >= 11 is 0. The van der Waals surface area contributed by atoms with E-state index in [0.717, 1.165) is 4.31 Å². The van der Waals surface area contributed by atoms with Gasteiger partial charge in [0.15, 0.2) is 0 Å². The summed E-state index contributed by atoms with van der Waals surface area (Å²) in [7, 11) is -4.02. The minimum absolute atomic E-state index is 0.0295. The van der Waals surface area contributed by atoms with Crippen LogP contribution in [0.4, 0.5) is 14.9 Å². The van der Waals surface area contributed by atoms with Gasteiger partial charge in [-0.15, -0.1) is 0 Å². The van der Waals surface area contributed by atoms with Crippen LogP contribution < -0.4 is 4.90 Å². The van der Waals surface area contributed by atoms with E-state index in [2.05, 4.69) is 0 Å². The van der Waals surface area contributed by atoms with Gasteiger partial charge in [-0.3, -0.25) is 4.90 Å². The third kappa shape index (κ3) is 3.14. The fourth-order valence-electron chi connectivity index (χ4n) is 3.21. The monoisotopic (exact) mass is 396 g/mol. The standard InChI is InChI=1S/C21H17FN2O3S/c22-18-11-5-4-10-17(18)15-23-19-12-6-7-13-20(19)28(26,27)24(21(23)25)14-16-8-2-1-3-9-16/h1-13H,14-15H2. The predicted octanol–water partition coefficient (Wildman–Crippen LogP) is 4.16. The lowest BCUT2D eigenvalue weighted by atomic mass is 10.2. The zero-order valence-corrected chi connectivity index (χ0v) is 15.6. The van der Waals surface area contributed by atoms with E-state index in [9.17, 15) is 17.6 Å². The second-order valence-electron chi connectivity index (χ2n) is 6.43. The van der Waals surface area contributed by atoms with Crippen molar-refractivity contribution < 1.29 is 17.6 Å². The van der Waals surface area contributed by atoms with E-state index in [1.807, 2.05) is 6.07 Å². The molecule has 0 radical (unpaired) electrons. The van der Waals surface area contributed by atoms with Gasteiger partial charge in [0.25, 0.3) is 10.0 Å². The number of rotatable bonds is 4. The first kappa shape index (κ1) is 18.2. The summed E-state index contributed by atoms with van der Waals surface area (Å²) in [5.41, 5.74) is 1.24. The third-order valence-electron chi connectivity index (χ3n) is 4.62. The van der Waals surface area contributed by atoms with Gasteiger partial charge in [0.2, 0.25) is 0 Å². The molecule has 28 heavy (non-hydrogen) atoms. The normalized spacial score (nSPS) is 15.4. The Morgan fingerprint density at radius 3 is 2.18 bits per heavy atom. The number of hydrogen-bond acceptors (Lipinski definition) is 3. The third-order valence-corrected chi connectivity index (χ3v) is 6.39. The summed E-state index contributed by atoms with van der Waals surface area (Å²) in [6.45, 7) is -0.159. The van der Waals surface area contributed by atoms with Crippen molar-refractivity contribution in [3.05, 3.63) is 95.8 Å². The predicted molar refractivity (Wildman–Crippen MR) is 104 cm³/mol. The number of hydrogen-bond donors (Lipinski definition) is 0. The first-order valence-electron chi connectivity index (χ1n) is 8.69. The molecule has 3 aromatic carbocycles. The number of carbonyl (C=O) groups excluding carboxylic acids is 1. The molecular formula is C21H17FN2O3S. The number of urea groups is 1. The molecule has 0 spiro atoms. The highest BCUT2D eigenvalue weighted by atomic mass is 32.2. The number of sulfonamides is 1. The lowest BCUT2D eigenvalue weighted by molar-refractivity contribution is 0.226. The number of carbonyl (C=O) groups is 1. The molecule has 0 saturated carbocycles. The van der Waals surface area contributed by atoms with Gasteiger partial charge in [0.05, 0.1) is 18.8 Å². The Balaban J connectivity index is 1.80. The Morgan fingerprint density at radius 1 is 0.786 bits per heavy atom. The highest BCUT2D eigenvalue weighted by molar-refractivity contribution is 7.90. The zero-order chi connectivity index (χ0) is 19.7. The number of anilines is 1. The molecule has 0 atom stereocenters. The van der Waals surface area contributed by atoms with Crippen LogP contribution in [-0.2, 0) is 23.1 Å². The minimum atomic E-state index is -4.02. The second-order valence-corrected chi connectivity index (χ2v) is 8.26. The van der Waals surface area contributed by atoms with Gasteiger partial charge in [-0.1, -0.05) is 60.7 Å². The molecule has 0 fully saturated rings. The summed E-state index contributed by atoms with van der Waals surface area (Å²) in [5, 5.41) is 0. The zero-order valence-electron chi connectivity index (χ0n) is 14.8. The highest BCUT2D eigenvalue weighted by Gasteiger charge is 2.41. The Labute approximate surface area is 162 Å². The van der Waals surface area contributed by atoms with Crippen LogP contribution in [0.1, 0.15) is 11.1 Å². The number of amides is 2. The molecule has 5 nitrogen and oxygen atoms in total. The molecule has 7 heteroatoms. The van der Waals surface area contributed by atoms with E-state index in [-0.39, 0.29) is 23.7 Å². The Bertz CT molecular complexity index is 1130. The maximum Gasteiger partial charge on any atom is 0.339 e. The molecule has 1 aliphatic rings. The Hall–Kier alpha value is -3.19. The highest BCUT2D eigenvalue weighted by Crippen LogP contribution is 2.36. The van der Waals surface area contributed by atoms with Gasteiger partial charge in [-0.05, 0) is 23.8 Å². The summed E-state index contributed by atoms with van der Waals surface area (Å²) in [5.74, 6) is -0.448. The van der Waals surface area contributed by atoms with Crippen molar-refractivity contribution in [2.75, 3.05) is 4.90 Å². The van der Waals surface area contributed by atoms with Gasteiger partial charge >= 0.3 is 6.03 Å². The van der Waals surface area contributed by atoms with Crippen molar-refractivity contribution in [3.63, 3.8) is 0 Å². The molecule has 0 N–H and O–H groups in total. The van der Waals surface area contributed by atoms with Gasteiger partial charge in [0, 0.05) is 5.56 Å². The lowest BCUT2D eigenvalue weighted by Gasteiger charge is -2.36. The summed E-state index contributed by atoms with van der Waals surface area (Å²) in [6, 6.07) is 20.6. The van der Waals surface area contributed by atoms with Gasteiger partial charge < -0.3 is 0 Å². The van der Waals surface area contributed by atoms with E-state index < -0.39 is 21.9 Å².